The summed E-state index contributed by atoms with van der Waals surface area (Å²) in [6.07, 6.45) is 3.31. The molecule has 106 valence electrons. The smallest absolute Gasteiger partial charge is 0.227 e. The quantitative estimate of drug-likeness (QED) is 0.807. The number of carbonyl (C=O) groups excluding carboxylic acids is 1. The zero-order valence-electron chi connectivity index (χ0n) is 11.5. The number of amides is 1. The second-order valence-corrected chi connectivity index (χ2v) is 5.56. The number of carbonyl (C=O) groups is 1. The molecule has 2 rings (SSSR count). The van der Waals surface area contributed by atoms with Gasteiger partial charge in [-0.1, -0.05) is 19.0 Å². The molecular formula is C13H21N3O3. The highest BCUT2D eigenvalue weighted by atomic mass is 16.5. The molecule has 0 radical (unpaired) electrons. The Hall–Kier alpha value is -1.43. The number of aliphatic hydroxyl groups is 1. The number of nitrogens with zero attached hydrogens (tertiary/aromatic N) is 2. The predicted octanol–water partition coefficient (Wildman–Crippen LogP) is 1.16. The van der Waals surface area contributed by atoms with Crippen LogP contribution in [0.2, 0.25) is 0 Å². The molecule has 6 nitrogen and oxygen atoms in total. The minimum Gasteiger partial charge on any atom is -0.388 e. The first-order chi connectivity index (χ1) is 8.98. The van der Waals surface area contributed by atoms with Crippen LogP contribution in [0.5, 0.6) is 0 Å². The van der Waals surface area contributed by atoms with Gasteiger partial charge in [0.15, 0.2) is 5.82 Å². The summed E-state index contributed by atoms with van der Waals surface area (Å²) in [7, 11) is 0. The van der Waals surface area contributed by atoms with Gasteiger partial charge in [-0.05, 0) is 19.3 Å². The molecule has 1 fully saturated rings. The fourth-order valence-corrected chi connectivity index (χ4v) is 1.94. The molecule has 0 spiro atoms. The van der Waals surface area contributed by atoms with E-state index in [1.807, 2.05) is 13.8 Å². The lowest BCUT2D eigenvalue weighted by Crippen LogP contribution is -2.47. The van der Waals surface area contributed by atoms with Crippen LogP contribution in [-0.4, -0.2) is 33.3 Å². The van der Waals surface area contributed by atoms with Crippen LogP contribution in [0.15, 0.2) is 4.52 Å². The summed E-state index contributed by atoms with van der Waals surface area (Å²) in [4.78, 5) is 15.8. The fraction of sp³-hybridized carbons (Fsp3) is 0.769. The summed E-state index contributed by atoms with van der Waals surface area (Å²) < 4.78 is 5.06. The van der Waals surface area contributed by atoms with Crippen LogP contribution >= 0.6 is 0 Å². The Bertz CT molecular complexity index is 438. The maximum absolute atomic E-state index is 11.6. The van der Waals surface area contributed by atoms with E-state index < -0.39 is 5.60 Å². The van der Waals surface area contributed by atoms with Gasteiger partial charge in [-0.3, -0.25) is 4.79 Å². The highest BCUT2D eigenvalue weighted by Gasteiger charge is 2.34. The SMILES string of the molecule is CC(C)c1noc(CCC(=O)NCC2(O)CCC2)n1. The normalized spacial score (nSPS) is 17.3. The van der Waals surface area contributed by atoms with Gasteiger partial charge in [-0.15, -0.1) is 0 Å². The third-order valence-corrected chi connectivity index (χ3v) is 3.47. The molecule has 1 aliphatic rings. The molecule has 6 heteroatoms. The monoisotopic (exact) mass is 267 g/mol. The maximum Gasteiger partial charge on any atom is 0.227 e. The number of rotatable bonds is 6. The van der Waals surface area contributed by atoms with Gasteiger partial charge < -0.3 is 14.9 Å². The molecule has 0 unspecified atom stereocenters. The summed E-state index contributed by atoms with van der Waals surface area (Å²) in [5.74, 6) is 1.28. The van der Waals surface area contributed by atoms with E-state index in [9.17, 15) is 9.90 Å². The van der Waals surface area contributed by atoms with Crippen molar-refractivity contribution in [1.82, 2.24) is 15.5 Å². The Kier molecular flexibility index (Phi) is 4.19. The van der Waals surface area contributed by atoms with Crippen LogP contribution in [0.25, 0.3) is 0 Å². The lowest BCUT2D eigenvalue weighted by atomic mass is 9.80. The van der Waals surface area contributed by atoms with E-state index in [0.29, 0.717) is 31.1 Å². The molecule has 0 aliphatic heterocycles. The molecule has 2 N–H and O–H groups in total. The van der Waals surface area contributed by atoms with Crippen molar-refractivity contribution in [2.45, 2.75) is 57.5 Å². The summed E-state index contributed by atoms with van der Waals surface area (Å²) in [5.41, 5.74) is -0.676. The Morgan fingerprint density at radius 1 is 1.53 bits per heavy atom. The Labute approximate surface area is 112 Å². The van der Waals surface area contributed by atoms with Gasteiger partial charge in [0.2, 0.25) is 11.8 Å². The van der Waals surface area contributed by atoms with Gasteiger partial charge in [-0.2, -0.15) is 4.98 Å². The van der Waals surface area contributed by atoms with Gasteiger partial charge in [0.05, 0.1) is 5.60 Å². The molecule has 1 aromatic heterocycles. The van der Waals surface area contributed by atoms with E-state index >= 15 is 0 Å². The molecule has 0 atom stereocenters. The van der Waals surface area contributed by atoms with Crippen LogP contribution < -0.4 is 5.32 Å². The molecule has 0 bridgehead atoms. The zero-order chi connectivity index (χ0) is 13.9. The summed E-state index contributed by atoms with van der Waals surface area (Å²) >= 11 is 0. The average molecular weight is 267 g/mol. The van der Waals surface area contributed by atoms with Crippen molar-refractivity contribution in [3.8, 4) is 0 Å². The molecule has 1 aliphatic carbocycles. The van der Waals surface area contributed by atoms with Crippen LogP contribution in [-0.2, 0) is 11.2 Å². The lowest BCUT2D eigenvalue weighted by molar-refractivity contribution is -0.123. The highest BCUT2D eigenvalue weighted by Crippen LogP contribution is 2.30. The summed E-state index contributed by atoms with van der Waals surface area (Å²) in [6, 6.07) is 0. The molecule has 1 heterocycles. The first kappa shape index (κ1) is 14.0. The van der Waals surface area contributed by atoms with Gasteiger partial charge in [0.25, 0.3) is 0 Å². The van der Waals surface area contributed by atoms with Crippen LogP contribution in [0.4, 0.5) is 0 Å². The second kappa shape index (κ2) is 5.69. The van der Waals surface area contributed by atoms with E-state index in [1.165, 1.54) is 0 Å². The fourth-order valence-electron chi connectivity index (χ4n) is 1.94. The average Bonchev–Trinajstić information content (AvgIpc) is 2.80. The largest absolute Gasteiger partial charge is 0.388 e. The first-order valence-corrected chi connectivity index (χ1v) is 6.80. The third kappa shape index (κ3) is 3.76. The number of aromatic nitrogens is 2. The second-order valence-electron chi connectivity index (χ2n) is 5.56. The number of hydrogen-bond donors (Lipinski definition) is 2. The molecule has 1 amide bonds. The lowest BCUT2D eigenvalue weighted by Gasteiger charge is -2.36. The number of nitrogens with one attached hydrogen (secondary N) is 1. The number of aryl methyl sites for hydroxylation is 1. The van der Waals surface area contributed by atoms with Crippen molar-refractivity contribution < 1.29 is 14.4 Å². The van der Waals surface area contributed by atoms with E-state index in [2.05, 4.69) is 15.5 Å². The molecule has 1 aromatic rings. The van der Waals surface area contributed by atoms with Crippen LogP contribution in [0.3, 0.4) is 0 Å². The Morgan fingerprint density at radius 3 is 2.79 bits per heavy atom. The van der Waals surface area contributed by atoms with Crippen molar-refractivity contribution in [3.63, 3.8) is 0 Å². The van der Waals surface area contributed by atoms with Crippen molar-refractivity contribution in [1.29, 1.82) is 0 Å². The zero-order valence-corrected chi connectivity index (χ0v) is 11.5. The topological polar surface area (TPSA) is 88.2 Å². The molecule has 0 saturated heterocycles. The standard InChI is InChI=1S/C13H21N3O3/c1-9(2)12-15-11(19-16-12)5-4-10(17)14-8-13(18)6-3-7-13/h9,18H,3-8H2,1-2H3,(H,14,17). The Morgan fingerprint density at radius 2 is 2.26 bits per heavy atom. The maximum atomic E-state index is 11.6. The molecule has 1 saturated carbocycles. The van der Waals surface area contributed by atoms with Crippen LogP contribution in [0, 0.1) is 0 Å². The van der Waals surface area contributed by atoms with E-state index in [1.54, 1.807) is 0 Å². The van der Waals surface area contributed by atoms with Gasteiger partial charge in [-0.25, -0.2) is 0 Å². The van der Waals surface area contributed by atoms with E-state index in [4.69, 9.17) is 4.52 Å². The first-order valence-electron chi connectivity index (χ1n) is 6.80. The summed E-state index contributed by atoms with van der Waals surface area (Å²) in [6.45, 7) is 4.31. The van der Waals surface area contributed by atoms with Gasteiger partial charge in [0.1, 0.15) is 0 Å². The van der Waals surface area contributed by atoms with E-state index in [-0.39, 0.29) is 11.8 Å². The molecular weight excluding hydrogens is 246 g/mol. The van der Waals surface area contributed by atoms with Crippen LogP contribution in [0.1, 0.15) is 57.2 Å². The van der Waals surface area contributed by atoms with Crippen molar-refractivity contribution >= 4 is 5.91 Å². The van der Waals surface area contributed by atoms with Crippen molar-refractivity contribution in [3.05, 3.63) is 11.7 Å². The highest BCUT2D eigenvalue weighted by molar-refractivity contribution is 5.76. The minimum absolute atomic E-state index is 0.0929. The number of hydrogen-bond acceptors (Lipinski definition) is 5. The van der Waals surface area contributed by atoms with Crippen molar-refractivity contribution in [2.75, 3.05) is 6.54 Å². The Balaban J connectivity index is 1.70. The van der Waals surface area contributed by atoms with E-state index in [0.717, 1.165) is 19.3 Å². The minimum atomic E-state index is -0.676. The van der Waals surface area contributed by atoms with Gasteiger partial charge >= 0.3 is 0 Å². The molecule has 0 aromatic carbocycles. The summed E-state index contributed by atoms with van der Waals surface area (Å²) in [5, 5.41) is 16.4. The predicted molar refractivity (Wildman–Crippen MR) is 68.5 cm³/mol. The van der Waals surface area contributed by atoms with Crippen molar-refractivity contribution in [2.24, 2.45) is 0 Å². The van der Waals surface area contributed by atoms with Gasteiger partial charge in [0, 0.05) is 25.3 Å². The molecule has 19 heavy (non-hydrogen) atoms. The third-order valence-electron chi connectivity index (χ3n) is 3.47.